The summed E-state index contributed by atoms with van der Waals surface area (Å²) in [5.41, 5.74) is 4.29. The lowest BCUT2D eigenvalue weighted by molar-refractivity contribution is -0.113. The summed E-state index contributed by atoms with van der Waals surface area (Å²) in [4.78, 5) is 15.9. The Kier molecular flexibility index (Phi) is 8.08. The van der Waals surface area contributed by atoms with Crippen LogP contribution in [0.5, 0.6) is 23.0 Å². The molecule has 1 aliphatic rings. The average Bonchev–Trinajstić information content (AvgIpc) is 2.91. The third kappa shape index (κ3) is 6.15. The number of rotatable bonds is 8. The average molecular weight is 486 g/mol. The minimum atomic E-state index is 0.0166. The Morgan fingerprint density at radius 2 is 1.08 bits per heavy atom. The zero-order valence-electron chi connectivity index (χ0n) is 21.1. The summed E-state index contributed by atoms with van der Waals surface area (Å²) in [6.07, 6.45) is 3.84. The molecule has 0 aliphatic carbocycles. The molecule has 0 unspecified atom stereocenters. The number of ether oxygens (including phenoxy) is 4. The summed E-state index contributed by atoms with van der Waals surface area (Å²) in [7, 11) is 6.45. The van der Waals surface area contributed by atoms with E-state index >= 15 is 0 Å². The summed E-state index contributed by atoms with van der Waals surface area (Å²) < 4.78 is 21.7. The van der Waals surface area contributed by atoms with Gasteiger partial charge in [-0.3, -0.25) is 9.69 Å². The van der Waals surface area contributed by atoms with E-state index in [1.807, 2.05) is 66.7 Å². The normalized spacial score (nSPS) is 16.3. The first kappa shape index (κ1) is 25.1. The zero-order chi connectivity index (χ0) is 25.5. The lowest BCUT2D eigenvalue weighted by atomic mass is 9.93. The van der Waals surface area contributed by atoms with Gasteiger partial charge in [-0.2, -0.15) is 0 Å². The van der Waals surface area contributed by atoms with E-state index in [1.54, 1.807) is 28.4 Å². The predicted molar refractivity (Wildman–Crippen MR) is 142 cm³/mol. The zero-order valence-corrected chi connectivity index (χ0v) is 21.1. The number of nitrogens with zero attached hydrogens (tertiary/aromatic N) is 1. The molecule has 0 amide bonds. The van der Waals surface area contributed by atoms with Crippen molar-refractivity contribution in [1.29, 1.82) is 0 Å². The van der Waals surface area contributed by atoms with Crippen LogP contribution in [0.4, 0.5) is 0 Å². The molecule has 0 radical (unpaired) electrons. The molecule has 0 bridgehead atoms. The SMILES string of the molecule is COc1cc(/C=C2\CN(Cc3ccccc3)C/C(=C\c3cc(OC)cc(OC)c3)C2=O)cc(OC)c1. The van der Waals surface area contributed by atoms with Crippen molar-refractivity contribution >= 4 is 17.9 Å². The topological polar surface area (TPSA) is 57.2 Å². The molecular weight excluding hydrogens is 454 g/mol. The Labute approximate surface area is 212 Å². The van der Waals surface area contributed by atoms with Gasteiger partial charge in [-0.15, -0.1) is 0 Å². The number of methoxy groups -OCH3 is 4. The summed E-state index contributed by atoms with van der Waals surface area (Å²) >= 11 is 0. The minimum absolute atomic E-state index is 0.0166. The first-order valence-electron chi connectivity index (χ1n) is 11.7. The second kappa shape index (κ2) is 11.6. The lowest BCUT2D eigenvalue weighted by Gasteiger charge is -2.30. The van der Waals surface area contributed by atoms with E-state index in [0.717, 1.165) is 17.7 Å². The van der Waals surface area contributed by atoms with Crippen LogP contribution in [0.2, 0.25) is 0 Å². The van der Waals surface area contributed by atoms with Gasteiger partial charge in [0.1, 0.15) is 23.0 Å². The summed E-state index contributed by atoms with van der Waals surface area (Å²) in [5.74, 6) is 2.70. The molecule has 6 nitrogen and oxygen atoms in total. The van der Waals surface area contributed by atoms with Gasteiger partial charge < -0.3 is 18.9 Å². The van der Waals surface area contributed by atoms with Crippen LogP contribution in [-0.2, 0) is 11.3 Å². The maximum atomic E-state index is 13.7. The van der Waals surface area contributed by atoms with Crippen LogP contribution in [0, 0.1) is 0 Å². The van der Waals surface area contributed by atoms with Crippen molar-refractivity contribution in [3.8, 4) is 23.0 Å². The second-order valence-electron chi connectivity index (χ2n) is 8.59. The molecule has 4 rings (SSSR count). The highest BCUT2D eigenvalue weighted by Crippen LogP contribution is 2.29. The van der Waals surface area contributed by atoms with Crippen LogP contribution < -0.4 is 18.9 Å². The maximum Gasteiger partial charge on any atom is 0.187 e. The van der Waals surface area contributed by atoms with Gasteiger partial charge in [-0.05, 0) is 53.1 Å². The van der Waals surface area contributed by atoms with Crippen molar-refractivity contribution in [3.63, 3.8) is 0 Å². The lowest BCUT2D eigenvalue weighted by Crippen LogP contribution is -2.37. The van der Waals surface area contributed by atoms with E-state index < -0.39 is 0 Å². The Bertz CT molecular complexity index is 1160. The molecule has 1 fully saturated rings. The molecule has 0 saturated carbocycles. The highest BCUT2D eigenvalue weighted by Gasteiger charge is 2.26. The van der Waals surface area contributed by atoms with Gasteiger partial charge in [0.15, 0.2) is 5.78 Å². The Balaban J connectivity index is 1.74. The fourth-order valence-corrected chi connectivity index (χ4v) is 4.29. The number of piperidine rings is 1. The van der Waals surface area contributed by atoms with Crippen LogP contribution in [0.15, 0.2) is 77.9 Å². The molecule has 0 atom stereocenters. The van der Waals surface area contributed by atoms with E-state index in [-0.39, 0.29) is 5.78 Å². The first-order valence-corrected chi connectivity index (χ1v) is 11.7. The van der Waals surface area contributed by atoms with E-state index in [4.69, 9.17) is 18.9 Å². The summed E-state index contributed by atoms with van der Waals surface area (Å²) in [6.45, 7) is 1.80. The molecule has 186 valence electrons. The number of ketones is 1. The van der Waals surface area contributed by atoms with E-state index in [0.29, 0.717) is 47.2 Å². The minimum Gasteiger partial charge on any atom is -0.497 e. The van der Waals surface area contributed by atoms with Gasteiger partial charge in [-0.25, -0.2) is 0 Å². The van der Waals surface area contributed by atoms with Crippen LogP contribution >= 0.6 is 0 Å². The van der Waals surface area contributed by atoms with Crippen molar-refractivity contribution in [1.82, 2.24) is 4.90 Å². The number of benzene rings is 3. The molecule has 6 heteroatoms. The fourth-order valence-electron chi connectivity index (χ4n) is 4.29. The number of likely N-dealkylation sites (tertiary alicyclic amines) is 1. The number of hydrogen-bond donors (Lipinski definition) is 0. The van der Waals surface area contributed by atoms with Crippen molar-refractivity contribution in [2.24, 2.45) is 0 Å². The molecule has 1 aliphatic heterocycles. The highest BCUT2D eigenvalue weighted by atomic mass is 16.5. The van der Waals surface area contributed by atoms with Gasteiger partial charge in [0, 0.05) is 42.9 Å². The molecule has 0 spiro atoms. The van der Waals surface area contributed by atoms with Gasteiger partial charge >= 0.3 is 0 Å². The Hall–Kier alpha value is -4.03. The largest absolute Gasteiger partial charge is 0.497 e. The Morgan fingerprint density at radius 1 is 0.667 bits per heavy atom. The maximum absolute atomic E-state index is 13.7. The van der Waals surface area contributed by atoms with Gasteiger partial charge in [0.2, 0.25) is 0 Å². The summed E-state index contributed by atoms with van der Waals surface area (Å²) in [5, 5.41) is 0. The van der Waals surface area contributed by atoms with Crippen molar-refractivity contribution in [2.75, 3.05) is 41.5 Å². The quantitative estimate of drug-likeness (QED) is 0.405. The number of Topliss-reactive ketones (excluding diaryl/α,β-unsaturated/α-hetero) is 1. The van der Waals surface area contributed by atoms with E-state index in [1.165, 1.54) is 5.56 Å². The third-order valence-corrected chi connectivity index (χ3v) is 6.05. The van der Waals surface area contributed by atoms with Crippen LogP contribution in [0.25, 0.3) is 12.2 Å². The fraction of sp³-hybridized carbons (Fsp3) is 0.233. The third-order valence-electron chi connectivity index (χ3n) is 6.05. The molecule has 1 heterocycles. The second-order valence-corrected chi connectivity index (χ2v) is 8.59. The van der Waals surface area contributed by atoms with Crippen LogP contribution in [0.1, 0.15) is 16.7 Å². The molecule has 0 aromatic heterocycles. The monoisotopic (exact) mass is 485 g/mol. The van der Waals surface area contributed by atoms with Gasteiger partial charge in [-0.1, -0.05) is 30.3 Å². The number of carbonyl (C=O) groups is 1. The number of carbonyl (C=O) groups excluding carboxylic acids is 1. The van der Waals surface area contributed by atoms with Crippen molar-refractivity contribution in [3.05, 3.63) is 94.6 Å². The van der Waals surface area contributed by atoms with Crippen molar-refractivity contribution < 1.29 is 23.7 Å². The molecule has 36 heavy (non-hydrogen) atoms. The van der Waals surface area contributed by atoms with Crippen LogP contribution in [-0.4, -0.2) is 52.2 Å². The molecule has 0 N–H and O–H groups in total. The molecular formula is C30H31NO5. The van der Waals surface area contributed by atoms with Gasteiger partial charge in [0.05, 0.1) is 28.4 Å². The highest BCUT2D eigenvalue weighted by molar-refractivity contribution is 6.14. The molecule has 3 aromatic carbocycles. The van der Waals surface area contributed by atoms with Crippen LogP contribution in [0.3, 0.4) is 0 Å². The molecule has 1 saturated heterocycles. The summed E-state index contributed by atoms with van der Waals surface area (Å²) in [6, 6.07) is 21.5. The predicted octanol–water partition coefficient (Wildman–Crippen LogP) is 5.27. The molecule has 3 aromatic rings. The van der Waals surface area contributed by atoms with E-state index in [2.05, 4.69) is 17.0 Å². The van der Waals surface area contributed by atoms with E-state index in [9.17, 15) is 4.79 Å². The number of hydrogen-bond acceptors (Lipinski definition) is 6. The smallest absolute Gasteiger partial charge is 0.187 e. The van der Waals surface area contributed by atoms with Crippen molar-refractivity contribution in [2.45, 2.75) is 6.54 Å². The Morgan fingerprint density at radius 3 is 1.47 bits per heavy atom. The van der Waals surface area contributed by atoms with Gasteiger partial charge in [0.25, 0.3) is 0 Å². The first-order chi connectivity index (χ1) is 17.5. The standard InChI is InChI=1S/C30H31NO5/c1-33-26-12-22(13-27(16-26)34-2)10-24-19-31(18-21-8-6-5-7-9-21)20-25(30(24)32)11-23-14-28(35-3)17-29(15-23)36-4/h5-17H,18-20H2,1-4H3/b24-10+,25-11+.